The van der Waals surface area contributed by atoms with Crippen LogP contribution in [0.3, 0.4) is 0 Å². The van der Waals surface area contributed by atoms with Crippen LogP contribution in [-0.4, -0.2) is 41.1 Å². The fraction of sp³-hybridized carbons (Fsp3) is 0.400. The number of carbonyl (C=O) groups excluding carboxylic acids is 1. The van der Waals surface area contributed by atoms with Gasteiger partial charge >= 0.3 is 0 Å². The van der Waals surface area contributed by atoms with E-state index in [1.165, 1.54) is 0 Å². The monoisotopic (exact) mass is 301 g/mol. The van der Waals surface area contributed by atoms with Crippen LogP contribution in [0.25, 0.3) is 0 Å². The van der Waals surface area contributed by atoms with E-state index in [9.17, 15) is 4.79 Å². The van der Waals surface area contributed by atoms with Gasteiger partial charge < -0.3 is 15.4 Å². The fourth-order valence-corrected chi connectivity index (χ4v) is 2.56. The van der Waals surface area contributed by atoms with E-state index in [-0.39, 0.29) is 5.91 Å². The van der Waals surface area contributed by atoms with Crippen molar-refractivity contribution in [2.45, 2.75) is 18.9 Å². The number of hydrogen-bond donors (Lipinski definition) is 2. The number of aromatic nitrogens is 3. The van der Waals surface area contributed by atoms with Crippen molar-refractivity contribution in [3.63, 3.8) is 0 Å². The number of nitrogens with zero attached hydrogens (tertiary/aromatic N) is 3. The Morgan fingerprint density at radius 3 is 2.91 bits per heavy atom. The second-order valence-electron chi connectivity index (χ2n) is 5.22. The van der Waals surface area contributed by atoms with E-state index >= 15 is 0 Å². The number of nitrogens with one attached hydrogen (secondary N) is 2. The van der Waals surface area contributed by atoms with Gasteiger partial charge in [-0.3, -0.25) is 4.79 Å². The molecule has 0 bridgehead atoms. The molecule has 0 unspecified atom stereocenters. The lowest BCUT2D eigenvalue weighted by Gasteiger charge is -2.22. The summed E-state index contributed by atoms with van der Waals surface area (Å²) in [5, 5.41) is 14.2. The molecule has 2 N–H and O–H groups in total. The molecular weight excluding hydrogens is 282 g/mol. The highest BCUT2D eigenvalue weighted by Gasteiger charge is 2.19. The predicted octanol–water partition coefficient (Wildman–Crippen LogP) is 1.46. The Hall–Kier alpha value is -2.41. The Labute approximate surface area is 128 Å². The zero-order valence-corrected chi connectivity index (χ0v) is 12.5. The Bertz CT molecular complexity index is 649. The molecule has 2 aromatic rings. The third-order valence-corrected chi connectivity index (χ3v) is 3.78. The summed E-state index contributed by atoms with van der Waals surface area (Å²) in [7, 11) is 1.57. The van der Waals surface area contributed by atoms with Crippen LogP contribution in [0.2, 0.25) is 0 Å². The molecular formula is C15H19N5O2. The maximum Gasteiger partial charge on any atom is 0.277 e. The second kappa shape index (κ2) is 6.57. The van der Waals surface area contributed by atoms with Gasteiger partial charge in [-0.15, -0.1) is 5.10 Å². The molecule has 0 aliphatic carbocycles. The summed E-state index contributed by atoms with van der Waals surface area (Å²) in [6.07, 6.45) is 3.70. The molecule has 0 atom stereocenters. The molecule has 1 fully saturated rings. The molecule has 0 saturated carbocycles. The molecule has 7 nitrogen and oxygen atoms in total. The number of carbonyl (C=O) groups is 1. The van der Waals surface area contributed by atoms with Gasteiger partial charge in [-0.2, -0.15) is 0 Å². The van der Waals surface area contributed by atoms with Crippen LogP contribution in [0.15, 0.2) is 30.5 Å². The Balaban J connectivity index is 1.71. The number of benzene rings is 1. The Kier molecular flexibility index (Phi) is 4.34. The SMILES string of the molecule is COc1ccccc1NC(=O)c1cn(C2CCNCC2)nn1. The van der Waals surface area contributed by atoms with E-state index in [4.69, 9.17) is 4.74 Å². The highest BCUT2D eigenvalue weighted by atomic mass is 16.5. The number of rotatable bonds is 4. The molecule has 1 aliphatic rings. The standard InChI is InChI=1S/C15H19N5O2/c1-22-14-5-3-2-4-12(14)17-15(21)13-10-20(19-18-13)11-6-8-16-9-7-11/h2-5,10-11,16H,6-9H2,1H3,(H,17,21). The quantitative estimate of drug-likeness (QED) is 0.893. The number of anilines is 1. The summed E-state index contributed by atoms with van der Waals surface area (Å²) in [5.41, 5.74) is 0.927. The molecule has 1 amide bonds. The number of amides is 1. The average Bonchev–Trinajstić information content (AvgIpc) is 3.06. The van der Waals surface area contributed by atoms with Gasteiger partial charge in [0.05, 0.1) is 25.0 Å². The lowest BCUT2D eigenvalue weighted by atomic mass is 10.1. The van der Waals surface area contributed by atoms with Crippen LogP contribution in [0, 0.1) is 0 Å². The second-order valence-corrected chi connectivity index (χ2v) is 5.22. The van der Waals surface area contributed by atoms with Crippen LogP contribution in [0.4, 0.5) is 5.69 Å². The van der Waals surface area contributed by atoms with Gasteiger partial charge in [-0.25, -0.2) is 4.68 Å². The molecule has 7 heteroatoms. The van der Waals surface area contributed by atoms with Crippen molar-refractivity contribution in [2.75, 3.05) is 25.5 Å². The summed E-state index contributed by atoms with van der Waals surface area (Å²) in [6.45, 7) is 1.93. The van der Waals surface area contributed by atoms with Crippen molar-refractivity contribution in [3.05, 3.63) is 36.2 Å². The lowest BCUT2D eigenvalue weighted by molar-refractivity contribution is 0.102. The maximum absolute atomic E-state index is 12.3. The van der Waals surface area contributed by atoms with Crippen molar-refractivity contribution in [1.82, 2.24) is 20.3 Å². The molecule has 22 heavy (non-hydrogen) atoms. The largest absolute Gasteiger partial charge is 0.495 e. The summed E-state index contributed by atoms with van der Waals surface area (Å²) in [6, 6.07) is 7.57. The predicted molar refractivity (Wildman–Crippen MR) is 82.1 cm³/mol. The van der Waals surface area contributed by atoms with Crippen LogP contribution in [-0.2, 0) is 0 Å². The molecule has 3 rings (SSSR count). The minimum Gasteiger partial charge on any atom is -0.495 e. The third kappa shape index (κ3) is 3.09. The van der Waals surface area contributed by atoms with Gasteiger partial charge in [0.15, 0.2) is 5.69 Å². The van der Waals surface area contributed by atoms with Crippen molar-refractivity contribution in [2.24, 2.45) is 0 Å². The van der Waals surface area contributed by atoms with Gasteiger partial charge in [0.1, 0.15) is 5.75 Å². The van der Waals surface area contributed by atoms with E-state index in [0.717, 1.165) is 25.9 Å². The van der Waals surface area contributed by atoms with Crippen molar-refractivity contribution < 1.29 is 9.53 Å². The van der Waals surface area contributed by atoms with Gasteiger partial charge in [-0.1, -0.05) is 17.3 Å². The van der Waals surface area contributed by atoms with E-state index in [2.05, 4.69) is 20.9 Å². The number of piperidine rings is 1. The van der Waals surface area contributed by atoms with Crippen LogP contribution >= 0.6 is 0 Å². The highest BCUT2D eigenvalue weighted by molar-refractivity contribution is 6.03. The molecule has 1 aromatic carbocycles. The number of methoxy groups -OCH3 is 1. The smallest absolute Gasteiger partial charge is 0.277 e. The van der Waals surface area contributed by atoms with E-state index in [1.807, 2.05) is 12.1 Å². The molecule has 2 heterocycles. The minimum atomic E-state index is -0.287. The Morgan fingerprint density at radius 1 is 1.36 bits per heavy atom. The zero-order valence-electron chi connectivity index (χ0n) is 12.5. The first kappa shape index (κ1) is 14.5. The van der Waals surface area contributed by atoms with E-state index in [0.29, 0.717) is 23.2 Å². The molecule has 1 saturated heterocycles. The number of para-hydroxylation sites is 2. The summed E-state index contributed by atoms with van der Waals surface area (Å²) in [4.78, 5) is 12.3. The first-order valence-electron chi connectivity index (χ1n) is 7.35. The maximum atomic E-state index is 12.3. The van der Waals surface area contributed by atoms with Crippen molar-refractivity contribution in [3.8, 4) is 5.75 Å². The molecule has 1 aromatic heterocycles. The first-order chi connectivity index (χ1) is 10.8. The summed E-state index contributed by atoms with van der Waals surface area (Å²) >= 11 is 0. The van der Waals surface area contributed by atoms with E-state index in [1.54, 1.807) is 30.1 Å². The van der Waals surface area contributed by atoms with Crippen molar-refractivity contribution in [1.29, 1.82) is 0 Å². The third-order valence-electron chi connectivity index (χ3n) is 3.78. The van der Waals surface area contributed by atoms with Gasteiger partial charge in [0, 0.05) is 0 Å². The molecule has 1 aliphatic heterocycles. The van der Waals surface area contributed by atoms with Crippen molar-refractivity contribution >= 4 is 11.6 Å². The van der Waals surface area contributed by atoms with Gasteiger partial charge in [0.25, 0.3) is 5.91 Å². The van der Waals surface area contributed by atoms with Gasteiger partial charge in [-0.05, 0) is 38.1 Å². The topological polar surface area (TPSA) is 81.1 Å². The molecule has 0 spiro atoms. The normalized spacial score (nSPS) is 15.5. The lowest BCUT2D eigenvalue weighted by Crippen LogP contribution is -2.29. The Morgan fingerprint density at radius 2 is 2.14 bits per heavy atom. The summed E-state index contributed by atoms with van der Waals surface area (Å²) < 4.78 is 7.01. The number of hydrogen-bond acceptors (Lipinski definition) is 5. The zero-order chi connectivity index (χ0) is 15.4. The summed E-state index contributed by atoms with van der Waals surface area (Å²) in [5.74, 6) is 0.325. The van der Waals surface area contributed by atoms with E-state index < -0.39 is 0 Å². The molecule has 0 radical (unpaired) electrons. The van der Waals surface area contributed by atoms with Crippen LogP contribution in [0.5, 0.6) is 5.75 Å². The van der Waals surface area contributed by atoms with Crippen LogP contribution < -0.4 is 15.4 Å². The first-order valence-corrected chi connectivity index (χ1v) is 7.35. The van der Waals surface area contributed by atoms with Crippen LogP contribution in [0.1, 0.15) is 29.4 Å². The highest BCUT2D eigenvalue weighted by Crippen LogP contribution is 2.23. The minimum absolute atomic E-state index is 0.287. The average molecular weight is 301 g/mol. The van der Waals surface area contributed by atoms with Gasteiger partial charge in [0.2, 0.25) is 0 Å². The fourth-order valence-electron chi connectivity index (χ4n) is 2.56. The molecule has 116 valence electrons. The number of ether oxygens (including phenoxy) is 1.